The second kappa shape index (κ2) is 17.1. The van der Waals surface area contributed by atoms with Gasteiger partial charge in [0.1, 0.15) is 0 Å². The fourth-order valence-corrected chi connectivity index (χ4v) is 7.59. The minimum Gasteiger partial charge on any atom is -0.432 e. The molecule has 0 aliphatic rings. The SMILES string of the molecule is CC(C)C[Si](O)(CC(C)C)CC(C)C.CC(C)O.O.O.[Ti]. The summed E-state index contributed by atoms with van der Waals surface area (Å²) in [6.45, 7) is 16.8. The molecule has 0 radical (unpaired) electrons. The van der Waals surface area contributed by atoms with Gasteiger partial charge >= 0.3 is 0 Å². The van der Waals surface area contributed by atoms with Crippen molar-refractivity contribution in [3.8, 4) is 0 Å². The summed E-state index contributed by atoms with van der Waals surface area (Å²) < 4.78 is 0. The van der Waals surface area contributed by atoms with E-state index in [1.165, 1.54) is 0 Å². The summed E-state index contributed by atoms with van der Waals surface area (Å²) in [5, 5.41) is 8.06. The molecular weight excluding hydrogens is 320 g/mol. The molecule has 21 heavy (non-hydrogen) atoms. The first-order valence-corrected chi connectivity index (χ1v) is 9.95. The fraction of sp³-hybridized carbons (Fsp3) is 1.00. The number of aliphatic hydroxyl groups is 1. The molecule has 6 heteroatoms. The Labute approximate surface area is 148 Å². The second-order valence-electron chi connectivity index (χ2n) is 7.11. The molecule has 0 bridgehead atoms. The standard InChI is InChI=1S/C12H28OSi.C3H8O.2H2O.Ti/c1-10(2)7-14(13,8-11(3)4)9-12(5)6;1-3(2)4;;;/h10-13H,7-9H2,1-6H3;3-4H,1-2H3;2*1H2;. The van der Waals surface area contributed by atoms with Crippen LogP contribution in [0.5, 0.6) is 0 Å². The molecule has 0 aromatic heterocycles. The van der Waals surface area contributed by atoms with Crippen LogP contribution in [0.4, 0.5) is 0 Å². The van der Waals surface area contributed by atoms with E-state index in [2.05, 4.69) is 41.5 Å². The van der Waals surface area contributed by atoms with Crippen molar-refractivity contribution < 1.29 is 42.6 Å². The van der Waals surface area contributed by atoms with Crippen LogP contribution in [0.25, 0.3) is 0 Å². The van der Waals surface area contributed by atoms with Crippen molar-refractivity contribution in [3.63, 3.8) is 0 Å². The molecule has 6 N–H and O–H groups in total. The maximum absolute atomic E-state index is 10.7. The number of aliphatic hydroxyl groups excluding tert-OH is 1. The molecule has 132 valence electrons. The first kappa shape index (κ1) is 33.4. The Bertz CT molecular complexity index is 171. The molecule has 0 aliphatic heterocycles. The van der Waals surface area contributed by atoms with Gasteiger partial charge in [-0.1, -0.05) is 41.5 Å². The van der Waals surface area contributed by atoms with Crippen molar-refractivity contribution in [1.29, 1.82) is 0 Å². The molecule has 0 saturated heterocycles. The Hall–Kier alpha value is 0.771. The molecule has 4 nitrogen and oxygen atoms in total. The van der Waals surface area contributed by atoms with E-state index >= 15 is 0 Å². The van der Waals surface area contributed by atoms with Crippen LogP contribution < -0.4 is 0 Å². The van der Waals surface area contributed by atoms with Gasteiger partial charge in [-0.05, 0) is 49.7 Å². The van der Waals surface area contributed by atoms with Gasteiger partial charge in [-0.2, -0.15) is 0 Å². The molecule has 0 aliphatic carbocycles. The maximum atomic E-state index is 10.7. The van der Waals surface area contributed by atoms with E-state index in [-0.39, 0.29) is 38.8 Å². The van der Waals surface area contributed by atoms with E-state index in [4.69, 9.17) is 5.11 Å². The van der Waals surface area contributed by atoms with Crippen molar-refractivity contribution in [2.75, 3.05) is 0 Å². The summed E-state index contributed by atoms with van der Waals surface area (Å²) in [7, 11) is -1.94. The molecule has 0 fully saturated rings. The first-order chi connectivity index (χ1) is 7.98. The average molecular weight is 360 g/mol. The molecule has 0 heterocycles. The average Bonchev–Trinajstić information content (AvgIpc) is 1.94. The minimum absolute atomic E-state index is 0. The Morgan fingerprint density at radius 3 is 0.905 bits per heavy atom. The summed E-state index contributed by atoms with van der Waals surface area (Å²) in [5.74, 6) is 1.93. The van der Waals surface area contributed by atoms with E-state index in [1.54, 1.807) is 13.8 Å². The predicted molar refractivity (Wildman–Crippen MR) is 91.5 cm³/mol. The zero-order valence-electron chi connectivity index (χ0n) is 15.3. The van der Waals surface area contributed by atoms with E-state index in [0.717, 1.165) is 18.1 Å². The smallest absolute Gasteiger partial charge is 0.189 e. The van der Waals surface area contributed by atoms with Gasteiger partial charge in [0.05, 0.1) is 0 Å². The summed E-state index contributed by atoms with van der Waals surface area (Å²) in [5.41, 5.74) is 0. The quantitative estimate of drug-likeness (QED) is 0.711. The van der Waals surface area contributed by atoms with Gasteiger partial charge in [-0.15, -0.1) is 0 Å². The van der Waals surface area contributed by atoms with Crippen LogP contribution in [0.1, 0.15) is 55.4 Å². The van der Waals surface area contributed by atoms with Gasteiger partial charge in [0, 0.05) is 27.8 Å². The maximum Gasteiger partial charge on any atom is 0.189 e. The fourth-order valence-electron chi connectivity index (χ4n) is 2.53. The van der Waals surface area contributed by atoms with Crippen molar-refractivity contribution in [2.45, 2.75) is 79.6 Å². The van der Waals surface area contributed by atoms with Gasteiger partial charge in [0.2, 0.25) is 0 Å². The summed E-state index contributed by atoms with van der Waals surface area (Å²) in [6.07, 6.45) is -0.167. The Morgan fingerprint density at radius 2 is 0.810 bits per heavy atom. The van der Waals surface area contributed by atoms with Gasteiger partial charge in [-0.3, -0.25) is 0 Å². The van der Waals surface area contributed by atoms with Crippen molar-refractivity contribution in [3.05, 3.63) is 0 Å². The minimum atomic E-state index is -1.94. The number of rotatable bonds is 6. The van der Waals surface area contributed by atoms with Crippen LogP contribution in [0.15, 0.2) is 0 Å². The second-order valence-corrected chi connectivity index (χ2v) is 10.8. The third kappa shape index (κ3) is 29.4. The molecular formula is C15H40O4SiTi. The molecule has 0 spiro atoms. The van der Waals surface area contributed by atoms with Crippen molar-refractivity contribution in [1.82, 2.24) is 0 Å². The molecule has 0 rings (SSSR count). The van der Waals surface area contributed by atoms with Gasteiger partial charge in [-0.25, -0.2) is 0 Å². The van der Waals surface area contributed by atoms with E-state index in [0.29, 0.717) is 17.8 Å². The Balaban J connectivity index is -0.000000108. The van der Waals surface area contributed by atoms with Crippen molar-refractivity contribution in [2.24, 2.45) is 17.8 Å². The predicted octanol–water partition coefficient (Wildman–Crippen LogP) is 2.63. The van der Waals surface area contributed by atoms with Crippen LogP contribution in [-0.4, -0.2) is 35.3 Å². The Morgan fingerprint density at radius 1 is 0.667 bits per heavy atom. The summed E-state index contributed by atoms with van der Waals surface area (Å²) in [6, 6.07) is 3.22. The van der Waals surface area contributed by atoms with Crippen LogP contribution in [0.2, 0.25) is 18.1 Å². The van der Waals surface area contributed by atoms with Crippen LogP contribution in [0.3, 0.4) is 0 Å². The third-order valence-electron chi connectivity index (χ3n) is 2.36. The van der Waals surface area contributed by atoms with Gasteiger partial charge in [0.15, 0.2) is 8.32 Å². The summed E-state index contributed by atoms with van der Waals surface area (Å²) >= 11 is 0. The van der Waals surface area contributed by atoms with Gasteiger partial charge < -0.3 is 20.9 Å². The van der Waals surface area contributed by atoms with Crippen LogP contribution in [-0.2, 0) is 21.7 Å². The zero-order chi connectivity index (χ0) is 14.9. The zero-order valence-corrected chi connectivity index (χ0v) is 17.9. The van der Waals surface area contributed by atoms with Crippen LogP contribution in [0, 0.1) is 17.8 Å². The normalized spacial score (nSPS) is 10.6. The molecule has 0 saturated carbocycles. The first-order valence-electron chi connectivity index (χ1n) is 7.39. The molecule has 0 aromatic rings. The molecule has 0 unspecified atom stereocenters. The molecule has 0 aromatic carbocycles. The largest absolute Gasteiger partial charge is 0.432 e. The third-order valence-corrected chi connectivity index (χ3v) is 7.09. The van der Waals surface area contributed by atoms with E-state index < -0.39 is 8.32 Å². The Kier molecular flexibility index (Phi) is 27.2. The van der Waals surface area contributed by atoms with Gasteiger partial charge in [0.25, 0.3) is 0 Å². The number of hydrogen-bond acceptors (Lipinski definition) is 2. The molecule has 0 atom stereocenters. The van der Waals surface area contributed by atoms with Crippen LogP contribution >= 0.6 is 0 Å². The van der Waals surface area contributed by atoms with E-state index in [9.17, 15) is 4.80 Å². The monoisotopic (exact) mass is 360 g/mol. The molecule has 0 amide bonds. The summed E-state index contributed by atoms with van der Waals surface area (Å²) in [4.78, 5) is 10.7. The van der Waals surface area contributed by atoms with E-state index in [1.807, 2.05) is 0 Å². The van der Waals surface area contributed by atoms with Crippen molar-refractivity contribution >= 4 is 8.32 Å². The number of hydrogen-bond donors (Lipinski definition) is 2. The topological polar surface area (TPSA) is 103 Å².